The molecule has 5 heteroatoms. The van der Waals surface area contributed by atoms with Crippen LogP contribution >= 0.6 is 11.6 Å². The van der Waals surface area contributed by atoms with E-state index in [2.05, 4.69) is 29.3 Å². The molecule has 16 heavy (non-hydrogen) atoms. The molecule has 4 nitrogen and oxygen atoms in total. The van der Waals surface area contributed by atoms with Gasteiger partial charge in [-0.2, -0.15) is 0 Å². The van der Waals surface area contributed by atoms with Gasteiger partial charge in [0.2, 0.25) is 0 Å². The molecule has 1 rings (SSSR count). The first-order valence-corrected chi connectivity index (χ1v) is 6.00. The summed E-state index contributed by atoms with van der Waals surface area (Å²) in [7, 11) is 6.13. The van der Waals surface area contributed by atoms with Crippen molar-refractivity contribution in [3.8, 4) is 0 Å². The lowest BCUT2D eigenvalue weighted by atomic mass is 10.3. The number of hydrogen-bond donors (Lipinski definition) is 1. The Labute approximate surface area is 103 Å². The molecular formula is C11H21ClN4. The first-order chi connectivity index (χ1) is 7.61. The third kappa shape index (κ3) is 4.51. The van der Waals surface area contributed by atoms with Crippen LogP contribution in [0.25, 0.3) is 0 Å². The highest BCUT2D eigenvalue weighted by molar-refractivity contribution is 6.29. The molecule has 0 aromatic carbocycles. The average molecular weight is 245 g/mol. The largest absolute Gasteiger partial charge is 0.321 e. The number of rotatable bonds is 7. The number of unbranched alkanes of at least 4 members (excludes halogenated alkanes) is 1. The smallest absolute Gasteiger partial charge is 0.128 e. The summed E-state index contributed by atoms with van der Waals surface area (Å²) < 4.78 is 1.90. The fraction of sp³-hybridized carbons (Fsp3) is 0.727. The first-order valence-electron chi connectivity index (χ1n) is 5.63. The summed E-state index contributed by atoms with van der Waals surface area (Å²) in [6.45, 7) is 2.96. The fourth-order valence-corrected chi connectivity index (χ4v) is 1.61. The molecule has 0 bridgehead atoms. The van der Waals surface area contributed by atoms with E-state index >= 15 is 0 Å². The van der Waals surface area contributed by atoms with Crippen LogP contribution in [0, 0.1) is 0 Å². The molecule has 0 radical (unpaired) electrons. The molecule has 0 amide bonds. The van der Waals surface area contributed by atoms with Gasteiger partial charge in [-0.05, 0) is 40.0 Å². The number of nitrogens with one attached hydrogen (secondary N) is 1. The molecule has 1 heterocycles. The van der Waals surface area contributed by atoms with Crippen molar-refractivity contribution in [3.63, 3.8) is 0 Å². The van der Waals surface area contributed by atoms with Gasteiger partial charge < -0.3 is 14.8 Å². The number of imidazole rings is 1. The van der Waals surface area contributed by atoms with Crippen molar-refractivity contribution >= 4 is 11.6 Å². The van der Waals surface area contributed by atoms with Crippen LogP contribution in [0.5, 0.6) is 0 Å². The van der Waals surface area contributed by atoms with E-state index in [0.717, 1.165) is 25.5 Å². The highest BCUT2D eigenvalue weighted by atomic mass is 35.5. The van der Waals surface area contributed by atoms with Gasteiger partial charge in [0.15, 0.2) is 0 Å². The Bertz CT molecular complexity index is 309. The van der Waals surface area contributed by atoms with Gasteiger partial charge in [-0.15, -0.1) is 0 Å². The Kier molecular flexibility index (Phi) is 5.80. The van der Waals surface area contributed by atoms with Crippen molar-refractivity contribution in [2.75, 3.05) is 27.2 Å². The molecule has 1 aromatic rings. The molecule has 0 aliphatic carbocycles. The molecule has 0 unspecified atom stereocenters. The zero-order valence-electron chi connectivity index (χ0n) is 10.3. The highest BCUT2D eigenvalue weighted by Crippen LogP contribution is 2.08. The van der Waals surface area contributed by atoms with Crippen molar-refractivity contribution in [1.82, 2.24) is 19.8 Å². The van der Waals surface area contributed by atoms with Gasteiger partial charge in [0.25, 0.3) is 0 Å². The Balaban J connectivity index is 2.10. The predicted octanol–water partition coefficient (Wildman–Crippen LogP) is 1.50. The average Bonchev–Trinajstić information content (AvgIpc) is 2.54. The molecule has 92 valence electrons. The molecule has 0 spiro atoms. The van der Waals surface area contributed by atoms with E-state index in [1.165, 1.54) is 12.8 Å². The van der Waals surface area contributed by atoms with Gasteiger partial charge in [0.05, 0.1) is 12.7 Å². The monoisotopic (exact) mass is 244 g/mol. The van der Waals surface area contributed by atoms with E-state index in [1.807, 2.05) is 11.6 Å². The number of aromatic nitrogens is 2. The molecular weight excluding hydrogens is 224 g/mol. The van der Waals surface area contributed by atoms with E-state index < -0.39 is 0 Å². The van der Waals surface area contributed by atoms with E-state index in [9.17, 15) is 0 Å². The SMILES string of the molecule is CN(C)CCCCNCc1ncc(Cl)n1C. The first kappa shape index (κ1) is 13.5. The highest BCUT2D eigenvalue weighted by Gasteiger charge is 2.02. The number of halogens is 1. The summed E-state index contributed by atoms with van der Waals surface area (Å²) in [5.41, 5.74) is 0. The van der Waals surface area contributed by atoms with Crippen LogP contribution in [0.4, 0.5) is 0 Å². The summed E-state index contributed by atoms with van der Waals surface area (Å²) in [6.07, 6.45) is 4.10. The molecule has 0 aliphatic heterocycles. The standard InChI is InChI=1S/C11H21ClN4/c1-15(2)7-5-4-6-13-9-11-14-8-10(12)16(11)3/h8,13H,4-7,9H2,1-3H3. The summed E-state index contributed by atoms with van der Waals surface area (Å²) >= 11 is 5.89. The maximum absolute atomic E-state index is 5.89. The minimum atomic E-state index is 0.685. The van der Waals surface area contributed by atoms with E-state index in [-0.39, 0.29) is 0 Å². The van der Waals surface area contributed by atoms with Crippen molar-refractivity contribution < 1.29 is 0 Å². The van der Waals surface area contributed by atoms with Crippen LogP contribution in [0.15, 0.2) is 6.20 Å². The van der Waals surface area contributed by atoms with Gasteiger partial charge in [-0.3, -0.25) is 0 Å². The predicted molar refractivity (Wildman–Crippen MR) is 67.7 cm³/mol. The van der Waals surface area contributed by atoms with Crippen LogP contribution < -0.4 is 5.32 Å². The van der Waals surface area contributed by atoms with Gasteiger partial charge in [-0.25, -0.2) is 4.98 Å². The molecule has 0 aliphatic rings. The summed E-state index contributed by atoms with van der Waals surface area (Å²) in [5.74, 6) is 0.984. The number of hydrogen-bond acceptors (Lipinski definition) is 3. The second-order valence-corrected chi connectivity index (χ2v) is 4.63. The fourth-order valence-electron chi connectivity index (χ4n) is 1.47. The van der Waals surface area contributed by atoms with Crippen molar-refractivity contribution in [2.24, 2.45) is 7.05 Å². The third-order valence-electron chi connectivity index (χ3n) is 2.52. The van der Waals surface area contributed by atoms with Crippen molar-refractivity contribution in [3.05, 3.63) is 17.2 Å². The van der Waals surface area contributed by atoms with Gasteiger partial charge in [0, 0.05) is 7.05 Å². The minimum Gasteiger partial charge on any atom is -0.321 e. The van der Waals surface area contributed by atoms with Crippen LogP contribution in [-0.4, -0.2) is 41.6 Å². The Hall–Kier alpha value is -0.580. The lowest BCUT2D eigenvalue weighted by Gasteiger charge is -2.09. The maximum Gasteiger partial charge on any atom is 0.128 e. The lowest BCUT2D eigenvalue weighted by molar-refractivity contribution is 0.391. The second kappa shape index (κ2) is 6.89. The third-order valence-corrected chi connectivity index (χ3v) is 2.87. The quantitative estimate of drug-likeness (QED) is 0.738. The zero-order valence-corrected chi connectivity index (χ0v) is 11.1. The Morgan fingerprint density at radius 1 is 1.44 bits per heavy atom. The normalized spacial score (nSPS) is 11.3. The van der Waals surface area contributed by atoms with Crippen LogP contribution in [-0.2, 0) is 13.6 Å². The van der Waals surface area contributed by atoms with Crippen LogP contribution in [0.2, 0.25) is 5.15 Å². The summed E-state index contributed by atoms with van der Waals surface area (Å²) in [6, 6.07) is 0. The van der Waals surface area contributed by atoms with Gasteiger partial charge in [-0.1, -0.05) is 11.6 Å². The second-order valence-electron chi connectivity index (χ2n) is 4.24. The van der Waals surface area contributed by atoms with E-state index in [0.29, 0.717) is 5.15 Å². The van der Waals surface area contributed by atoms with Crippen molar-refractivity contribution in [2.45, 2.75) is 19.4 Å². The molecule has 0 atom stereocenters. The Morgan fingerprint density at radius 3 is 2.75 bits per heavy atom. The van der Waals surface area contributed by atoms with Gasteiger partial charge in [0.1, 0.15) is 11.0 Å². The molecule has 0 saturated carbocycles. The Morgan fingerprint density at radius 2 is 2.19 bits per heavy atom. The van der Waals surface area contributed by atoms with E-state index in [4.69, 9.17) is 11.6 Å². The van der Waals surface area contributed by atoms with Crippen LogP contribution in [0.3, 0.4) is 0 Å². The lowest BCUT2D eigenvalue weighted by Crippen LogP contribution is -2.19. The minimum absolute atomic E-state index is 0.685. The van der Waals surface area contributed by atoms with Crippen molar-refractivity contribution in [1.29, 1.82) is 0 Å². The molecule has 1 N–H and O–H groups in total. The summed E-state index contributed by atoms with van der Waals surface area (Å²) in [5, 5.41) is 4.05. The molecule has 0 fully saturated rings. The summed E-state index contributed by atoms with van der Waals surface area (Å²) in [4.78, 5) is 6.43. The number of nitrogens with zero attached hydrogens (tertiary/aromatic N) is 3. The van der Waals surface area contributed by atoms with Gasteiger partial charge >= 0.3 is 0 Å². The zero-order chi connectivity index (χ0) is 12.0. The van der Waals surface area contributed by atoms with Crippen LogP contribution in [0.1, 0.15) is 18.7 Å². The van der Waals surface area contributed by atoms with E-state index in [1.54, 1.807) is 6.20 Å². The molecule has 0 saturated heterocycles. The maximum atomic E-state index is 5.89. The molecule has 1 aromatic heterocycles. The topological polar surface area (TPSA) is 33.1 Å².